The Morgan fingerprint density at radius 3 is 2.53 bits per heavy atom. The summed E-state index contributed by atoms with van der Waals surface area (Å²) in [5.41, 5.74) is 9.89. The van der Waals surface area contributed by atoms with Crippen LogP contribution in [-0.2, 0) is 0 Å². The number of rotatable bonds is 1. The van der Waals surface area contributed by atoms with Crippen LogP contribution in [0.15, 0.2) is 30.6 Å². The molecule has 2 rings (SSSR count). The highest BCUT2D eigenvalue weighted by molar-refractivity contribution is 5.63. The summed E-state index contributed by atoms with van der Waals surface area (Å²) < 4.78 is 0. The normalized spacial score (nSPS) is 10.3. The monoisotopic (exact) mass is 199 g/mol. The maximum absolute atomic E-state index is 5.50. The third-order valence-corrected chi connectivity index (χ3v) is 2.34. The predicted molar refractivity (Wildman–Crippen MR) is 61.4 cm³/mol. The zero-order valence-corrected chi connectivity index (χ0v) is 8.86. The molecule has 2 N–H and O–H groups in total. The van der Waals surface area contributed by atoms with E-state index in [0.717, 1.165) is 11.3 Å². The largest absolute Gasteiger partial charge is 0.382 e. The third kappa shape index (κ3) is 1.96. The quantitative estimate of drug-likeness (QED) is 0.767. The summed E-state index contributed by atoms with van der Waals surface area (Å²) in [6.07, 6.45) is 3.29. The van der Waals surface area contributed by atoms with E-state index < -0.39 is 0 Å². The highest BCUT2D eigenvalue weighted by Gasteiger charge is 2.03. The molecule has 0 fully saturated rings. The second-order valence-corrected chi connectivity index (χ2v) is 3.64. The fourth-order valence-electron chi connectivity index (χ4n) is 1.49. The summed E-state index contributed by atoms with van der Waals surface area (Å²) in [5.74, 6) is 0.448. The minimum absolute atomic E-state index is 0.448. The summed E-state index contributed by atoms with van der Waals surface area (Å²) in [4.78, 5) is 8.30. The second-order valence-electron chi connectivity index (χ2n) is 3.64. The zero-order valence-electron chi connectivity index (χ0n) is 8.86. The first-order chi connectivity index (χ1) is 7.16. The van der Waals surface area contributed by atoms with Gasteiger partial charge in [-0.1, -0.05) is 17.7 Å². The Balaban J connectivity index is 2.53. The molecule has 0 unspecified atom stereocenters. The van der Waals surface area contributed by atoms with Crippen molar-refractivity contribution in [3.05, 3.63) is 41.7 Å². The number of nitrogen functional groups attached to an aromatic ring is 1. The molecule has 0 atom stereocenters. The number of benzene rings is 1. The molecule has 0 saturated carbocycles. The Labute approximate surface area is 89.0 Å². The van der Waals surface area contributed by atoms with Gasteiger partial charge in [-0.05, 0) is 25.5 Å². The van der Waals surface area contributed by atoms with Crippen molar-refractivity contribution in [3.63, 3.8) is 0 Å². The summed E-state index contributed by atoms with van der Waals surface area (Å²) in [7, 11) is 0. The molecule has 1 aromatic heterocycles. The van der Waals surface area contributed by atoms with E-state index in [-0.39, 0.29) is 0 Å². The predicted octanol–water partition coefficient (Wildman–Crippen LogP) is 2.34. The Morgan fingerprint density at radius 2 is 1.87 bits per heavy atom. The Hall–Kier alpha value is -1.90. The van der Waals surface area contributed by atoms with E-state index in [1.165, 1.54) is 11.1 Å². The van der Waals surface area contributed by atoms with Crippen LogP contribution in [0.1, 0.15) is 11.1 Å². The van der Waals surface area contributed by atoms with Gasteiger partial charge in [0.05, 0.1) is 18.1 Å². The van der Waals surface area contributed by atoms with Crippen molar-refractivity contribution < 1.29 is 0 Å². The summed E-state index contributed by atoms with van der Waals surface area (Å²) in [6, 6.07) is 6.28. The first kappa shape index (κ1) is 9.65. The molecule has 0 saturated heterocycles. The smallest absolute Gasteiger partial charge is 0.141 e. The van der Waals surface area contributed by atoms with Crippen molar-refractivity contribution >= 4 is 5.82 Å². The SMILES string of the molecule is Cc1ccc(C)c(-c2cnc(N)cn2)c1. The average Bonchev–Trinajstić information content (AvgIpc) is 2.23. The van der Waals surface area contributed by atoms with Crippen LogP contribution >= 0.6 is 0 Å². The molecule has 1 aromatic carbocycles. The van der Waals surface area contributed by atoms with E-state index in [1.54, 1.807) is 12.4 Å². The lowest BCUT2D eigenvalue weighted by Crippen LogP contribution is -1.94. The molecule has 0 aliphatic rings. The van der Waals surface area contributed by atoms with Gasteiger partial charge in [0.25, 0.3) is 0 Å². The number of hydrogen-bond acceptors (Lipinski definition) is 3. The van der Waals surface area contributed by atoms with Crippen molar-refractivity contribution in [1.82, 2.24) is 9.97 Å². The standard InChI is InChI=1S/C12H13N3/c1-8-3-4-9(2)10(5-8)11-6-15-12(13)7-14-11/h3-7H,1-2H3,(H2,13,15). The first-order valence-electron chi connectivity index (χ1n) is 4.82. The van der Waals surface area contributed by atoms with E-state index in [1.807, 2.05) is 0 Å². The number of nitrogens with zero attached hydrogens (tertiary/aromatic N) is 2. The van der Waals surface area contributed by atoms with Crippen molar-refractivity contribution in [2.24, 2.45) is 0 Å². The summed E-state index contributed by atoms with van der Waals surface area (Å²) in [5, 5.41) is 0. The summed E-state index contributed by atoms with van der Waals surface area (Å²) >= 11 is 0. The van der Waals surface area contributed by atoms with E-state index in [4.69, 9.17) is 5.73 Å². The van der Waals surface area contributed by atoms with E-state index >= 15 is 0 Å². The highest BCUT2D eigenvalue weighted by atomic mass is 14.9. The highest BCUT2D eigenvalue weighted by Crippen LogP contribution is 2.21. The summed E-state index contributed by atoms with van der Waals surface area (Å²) in [6.45, 7) is 4.13. The molecule has 76 valence electrons. The van der Waals surface area contributed by atoms with Crippen molar-refractivity contribution in [2.45, 2.75) is 13.8 Å². The Morgan fingerprint density at radius 1 is 1.07 bits per heavy atom. The maximum Gasteiger partial charge on any atom is 0.141 e. The number of hydrogen-bond donors (Lipinski definition) is 1. The van der Waals surface area contributed by atoms with Crippen LogP contribution < -0.4 is 5.73 Å². The molecule has 3 nitrogen and oxygen atoms in total. The van der Waals surface area contributed by atoms with Gasteiger partial charge >= 0.3 is 0 Å². The van der Waals surface area contributed by atoms with Crippen LogP contribution in [0.4, 0.5) is 5.82 Å². The van der Waals surface area contributed by atoms with Gasteiger partial charge in [-0.25, -0.2) is 4.98 Å². The molecule has 0 radical (unpaired) electrons. The molecule has 0 spiro atoms. The molecule has 0 bridgehead atoms. The van der Waals surface area contributed by atoms with E-state index in [0.29, 0.717) is 5.82 Å². The number of aryl methyl sites for hydroxylation is 2. The van der Waals surface area contributed by atoms with Crippen LogP contribution in [0, 0.1) is 13.8 Å². The van der Waals surface area contributed by atoms with Gasteiger partial charge in [-0.15, -0.1) is 0 Å². The van der Waals surface area contributed by atoms with Crippen LogP contribution in [0.2, 0.25) is 0 Å². The molecule has 2 aromatic rings. The maximum atomic E-state index is 5.50. The van der Waals surface area contributed by atoms with E-state index in [9.17, 15) is 0 Å². The van der Waals surface area contributed by atoms with E-state index in [2.05, 4.69) is 42.0 Å². The van der Waals surface area contributed by atoms with Crippen LogP contribution in [0.5, 0.6) is 0 Å². The van der Waals surface area contributed by atoms with Crippen LogP contribution in [0.25, 0.3) is 11.3 Å². The molecule has 15 heavy (non-hydrogen) atoms. The van der Waals surface area contributed by atoms with Gasteiger partial charge in [-0.3, -0.25) is 4.98 Å². The molecule has 0 aliphatic carbocycles. The fraction of sp³-hybridized carbons (Fsp3) is 0.167. The Kier molecular flexibility index (Phi) is 2.37. The van der Waals surface area contributed by atoms with Crippen molar-refractivity contribution in [1.29, 1.82) is 0 Å². The topological polar surface area (TPSA) is 51.8 Å². The molecule has 1 heterocycles. The minimum Gasteiger partial charge on any atom is -0.382 e. The number of aromatic nitrogens is 2. The molecule has 0 amide bonds. The Bertz CT molecular complexity index is 475. The van der Waals surface area contributed by atoms with Crippen LogP contribution in [-0.4, -0.2) is 9.97 Å². The van der Waals surface area contributed by atoms with Gasteiger partial charge < -0.3 is 5.73 Å². The molecule has 3 heteroatoms. The second kappa shape index (κ2) is 3.69. The lowest BCUT2D eigenvalue weighted by Gasteiger charge is -2.05. The number of anilines is 1. The van der Waals surface area contributed by atoms with Crippen molar-refractivity contribution in [3.8, 4) is 11.3 Å². The lowest BCUT2D eigenvalue weighted by molar-refractivity contribution is 1.20. The molecule has 0 aliphatic heterocycles. The number of nitrogens with two attached hydrogens (primary N) is 1. The van der Waals surface area contributed by atoms with Crippen LogP contribution in [0.3, 0.4) is 0 Å². The van der Waals surface area contributed by atoms with Crippen molar-refractivity contribution in [2.75, 3.05) is 5.73 Å². The van der Waals surface area contributed by atoms with Gasteiger partial charge in [0.15, 0.2) is 0 Å². The molecular formula is C12H13N3. The van der Waals surface area contributed by atoms with Gasteiger partial charge in [0.2, 0.25) is 0 Å². The zero-order chi connectivity index (χ0) is 10.8. The van der Waals surface area contributed by atoms with Gasteiger partial charge in [0, 0.05) is 5.56 Å². The third-order valence-electron chi connectivity index (χ3n) is 2.34. The van der Waals surface area contributed by atoms with Gasteiger partial charge in [0.1, 0.15) is 5.82 Å². The lowest BCUT2D eigenvalue weighted by atomic mass is 10.0. The molecular weight excluding hydrogens is 186 g/mol. The van der Waals surface area contributed by atoms with Gasteiger partial charge in [-0.2, -0.15) is 0 Å². The first-order valence-corrected chi connectivity index (χ1v) is 4.82. The minimum atomic E-state index is 0.448. The average molecular weight is 199 g/mol. The fourth-order valence-corrected chi connectivity index (χ4v) is 1.49.